The second kappa shape index (κ2) is 6.00. The van der Waals surface area contributed by atoms with E-state index in [-0.39, 0.29) is 6.47 Å². The van der Waals surface area contributed by atoms with Gasteiger partial charge in [-0.2, -0.15) is 0 Å². The van der Waals surface area contributed by atoms with Gasteiger partial charge < -0.3 is 14.1 Å². The first-order valence-corrected chi connectivity index (χ1v) is 6.96. The summed E-state index contributed by atoms with van der Waals surface area (Å²) in [6.07, 6.45) is 0. The van der Waals surface area contributed by atoms with Gasteiger partial charge in [-0.05, 0) is 30.3 Å². The first-order valence-electron chi connectivity index (χ1n) is 6.21. The molecular formula is C14H8BCl2NO4. The van der Waals surface area contributed by atoms with E-state index in [0.29, 0.717) is 38.1 Å². The van der Waals surface area contributed by atoms with Gasteiger partial charge in [0.2, 0.25) is 5.89 Å². The maximum atomic E-state index is 10.3. The van der Waals surface area contributed by atoms with Crippen LogP contribution in [0, 0.1) is 0 Å². The van der Waals surface area contributed by atoms with E-state index in [1.165, 1.54) is 0 Å². The zero-order valence-corrected chi connectivity index (χ0v) is 12.5. The molecule has 110 valence electrons. The summed E-state index contributed by atoms with van der Waals surface area (Å²) in [6, 6.07) is 9.77. The maximum Gasteiger partial charge on any atom is 0.561 e. The summed E-state index contributed by atoms with van der Waals surface area (Å²) >= 11 is 11.9. The van der Waals surface area contributed by atoms with Crippen LogP contribution in [0.15, 0.2) is 40.8 Å². The second-order valence-electron chi connectivity index (χ2n) is 4.49. The Kier molecular flexibility index (Phi) is 4.07. The van der Waals surface area contributed by atoms with Gasteiger partial charge in [-0.25, -0.2) is 4.98 Å². The summed E-state index contributed by atoms with van der Waals surface area (Å²) in [5.74, 6) is 0.349. The van der Waals surface area contributed by atoms with Crippen molar-refractivity contribution in [1.82, 2.24) is 4.98 Å². The van der Waals surface area contributed by atoms with Crippen LogP contribution in [0.2, 0.25) is 10.0 Å². The van der Waals surface area contributed by atoms with Crippen molar-refractivity contribution in [3.63, 3.8) is 0 Å². The van der Waals surface area contributed by atoms with Gasteiger partial charge in [0.25, 0.3) is 6.47 Å². The molecule has 5 nitrogen and oxygen atoms in total. The monoisotopic (exact) mass is 335 g/mol. The van der Waals surface area contributed by atoms with Gasteiger partial charge >= 0.3 is 7.12 Å². The van der Waals surface area contributed by atoms with Crippen molar-refractivity contribution in [1.29, 1.82) is 0 Å². The Morgan fingerprint density at radius 3 is 2.59 bits per heavy atom. The third kappa shape index (κ3) is 2.94. The molecule has 0 unspecified atom stereocenters. The minimum atomic E-state index is -1.35. The fourth-order valence-electron chi connectivity index (χ4n) is 2.03. The van der Waals surface area contributed by atoms with E-state index in [0.717, 1.165) is 0 Å². The summed E-state index contributed by atoms with van der Waals surface area (Å²) < 4.78 is 10.1. The Labute approximate surface area is 135 Å². The van der Waals surface area contributed by atoms with E-state index in [9.17, 15) is 9.82 Å². The van der Waals surface area contributed by atoms with Crippen LogP contribution < -0.4 is 5.46 Å². The number of oxazole rings is 1. The van der Waals surface area contributed by atoms with E-state index in [4.69, 9.17) is 27.6 Å². The van der Waals surface area contributed by atoms with Gasteiger partial charge in [-0.15, -0.1) is 0 Å². The first kappa shape index (κ1) is 14.9. The highest BCUT2D eigenvalue weighted by Gasteiger charge is 2.19. The number of fused-ring (bicyclic) bond motifs is 1. The van der Waals surface area contributed by atoms with Crippen molar-refractivity contribution < 1.29 is 18.9 Å². The highest BCUT2D eigenvalue weighted by atomic mass is 35.5. The molecule has 0 saturated carbocycles. The summed E-state index contributed by atoms with van der Waals surface area (Å²) in [5.41, 5.74) is 2.05. The molecule has 0 saturated heterocycles. The molecule has 0 aliphatic rings. The molecule has 0 aliphatic heterocycles. The predicted molar refractivity (Wildman–Crippen MR) is 84.2 cm³/mol. The van der Waals surface area contributed by atoms with Crippen LogP contribution in [0.5, 0.6) is 0 Å². The average Bonchev–Trinajstić information content (AvgIpc) is 2.89. The van der Waals surface area contributed by atoms with E-state index in [1.54, 1.807) is 36.4 Å². The standard InChI is InChI=1S/C14H8BCl2NO4/c16-10-3-8(4-11(17)6-10)14-18-12-2-1-9(5-13(12)22-14)15(20)21-7-19/h1-7,20H. The molecule has 1 aromatic heterocycles. The van der Waals surface area contributed by atoms with Crippen LogP contribution in [0.25, 0.3) is 22.6 Å². The quantitative estimate of drug-likeness (QED) is 0.586. The Balaban J connectivity index is 2.04. The van der Waals surface area contributed by atoms with Crippen LogP contribution in [0.4, 0.5) is 0 Å². The highest BCUT2D eigenvalue weighted by Crippen LogP contribution is 2.28. The molecule has 0 fully saturated rings. The molecule has 2 aromatic carbocycles. The smallest absolute Gasteiger partial charge is 0.508 e. The minimum Gasteiger partial charge on any atom is -0.508 e. The normalized spacial score (nSPS) is 10.7. The fourth-order valence-corrected chi connectivity index (χ4v) is 2.55. The molecule has 0 amide bonds. The van der Waals surface area contributed by atoms with Crippen molar-refractivity contribution in [3.05, 3.63) is 46.4 Å². The number of aromatic nitrogens is 1. The number of halogens is 2. The topological polar surface area (TPSA) is 72.6 Å². The summed E-state index contributed by atoms with van der Waals surface area (Å²) in [4.78, 5) is 14.6. The second-order valence-corrected chi connectivity index (χ2v) is 5.36. The van der Waals surface area contributed by atoms with E-state index in [1.807, 2.05) is 0 Å². The number of rotatable bonds is 4. The Hall–Kier alpha value is -2.02. The van der Waals surface area contributed by atoms with Crippen LogP contribution in [0.3, 0.4) is 0 Å². The molecule has 3 rings (SSSR count). The first-order chi connectivity index (χ1) is 10.6. The lowest BCUT2D eigenvalue weighted by Gasteiger charge is -2.01. The lowest BCUT2D eigenvalue weighted by Crippen LogP contribution is -2.32. The van der Waals surface area contributed by atoms with Gasteiger partial charge in [0.1, 0.15) is 5.52 Å². The van der Waals surface area contributed by atoms with E-state index in [2.05, 4.69) is 9.64 Å². The molecule has 1 N–H and O–H groups in total. The van der Waals surface area contributed by atoms with Crippen molar-refractivity contribution in [2.24, 2.45) is 0 Å². The lowest BCUT2D eigenvalue weighted by molar-refractivity contribution is -0.121. The maximum absolute atomic E-state index is 10.3. The molecule has 0 atom stereocenters. The molecule has 0 radical (unpaired) electrons. The van der Waals surface area contributed by atoms with Crippen molar-refractivity contribution >= 4 is 53.4 Å². The van der Waals surface area contributed by atoms with Crippen LogP contribution in [-0.2, 0) is 9.45 Å². The molecule has 3 aromatic rings. The third-order valence-corrected chi connectivity index (χ3v) is 3.43. The molecular weight excluding hydrogens is 328 g/mol. The van der Waals surface area contributed by atoms with Gasteiger partial charge in [0.05, 0.1) is 0 Å². The van der Waals surface area contributed by atoms with Gasteiger partial charge in [0, 0.05) is 21.1 Å². The van der Waals surface area contributed by atoms with Crippen LogP contribution in [-0.4, -0.2) is 23.6 Å². The van der Waals surface area contributed by atoms with Crippen LogP contribution in [0.1, 0.15) is 0 Å². The number of hydrogen-bond acceptors (Lipinski definition) is 5. The highest BCUT2D eigenvalue weighted by molar-refractivity contribution is 6.61. The Morgan fingerprint density at radius 2 is 1.91 bits per heavy atom. The van der Waals surface area contributed by atoms with Gasteiger partial charge in [-0.1, -0.05) is 29.3 Å². The number of nitrogens with zero attached hydrogens (tertiary/aromatic N) is 1. The zero-order valence-electron chi connectivity index (χ0n) is 11.0. The number of hydrogen-bond donors (Lipinski definition) is 1. The average molecular weight is 336 g/mol. The van der Waals surface area contributed by atoms with Crippen molar-refractivity contribution in [2.75, 3.05) is 0 Å². The predicted octanol–water partition coefficient (Wildman–Crippen LogP) is 2.66. The number of benzene rings is 2. The molecule has 8 heteroatoms. The van der Waals surface area contributed by atoms with E-state index < -0.39 is 7.12 Å². The largest absolute Gasteiger partial charge is 0.561 e. The molecule has 0 bridgehead atoms. The van der Waals surface area contributed by atoms with Crippen LogP contribution >= 0.6 is 23.2 Å². The molecule has 1 heterocycles. The Bertz CT molecular complexity index is 832. The summed E-state index contributed by atoms with van der Waals surface area (Å²) in [7, 11) is -1.35. The van der Waals surface area contributed by atoms with Crippen molar-refractivity contribution in [3.8, 4) is 11.5 Å². The van der Waals surface area contributed by atoms with Gasteiger partial charge in [-0.3, -0.25) is 4.79 Å². The third-order valence-electron chi connectivity index (χ3n) is 2.99. The van der Waals surface area contributed by atoms with Gasteiger partial charge in [0.15, 0.2) is 5.58 Å². The fraction of sp³-hybridized carbons (Fsp3) is 0. The van der Waals surface area contributed by atoms with Crippen molar-refractivity contribution in [2.45, 2.75) is 0 Å². The molecule has 0 aliphatic carbocycles. The van der Waals surface area contributed by atoms with E-state index >= 15 is 0 Å². The lowest BCUT2D eigenvalue weighted by atomic mass is 9.80. The minimum absolute atomic E-state index is 0.175. The number of carbonyl (C=O) groups excluding carboxylic acids is 1. The SMILES string of the molecule is O=COB(O)c1ccc2nc(-c3cc(Cl)cc(Cl)c3)oc2c1. The summed E-state index contributed by atoms with van der Waals surface area (Å²) in [6.45, 7) is 0.175. The summed E-state index contributed by atoms with van der Waals surface area (Å²) in [5, 5.41) is 10.6. The molecule has 0 spiro atoms. The zero-order chi connectivity index (χ0) is 15.7. The molecule has 22 heavy (non-hydrogen) atoms. The Morgan fingerprint density at radius 1 is 1.18 bits per heavy atom. The number of carbonyl (C=O) groups is 1.